The second-order valence-corrected chi connectivity index (χ2v) is 4.34. The highest BCUT2D eigenvalue weighted by atomic mass is 16.3. The van der Waals surface area contributed by atoms with Crippen LogP contribution in [0.2, 0.25) is 0 Å². The smallest absolute Gasteiger partial charge is 0.287 e. The van der Waals surface area contributed by atoms with Crippen molar-refractivity contribution >= 4 is 5.91 Å². The van der Waals surface area contributed by atoms with Crippen molar-refractivity contribution in [2.24, 2.45) is 7.05 Å². The normalized spacial score (nSPS) is 14.2. The molecule has 0 aliphatic heterocycles. The molecule has 2 aromatic rings. The van der Waals surface area contributed by atoms with Crippen LogP contribution in [0.1, 0.15) is 23.0 Å². The van der Waals surface area contributed by atoms with Crippen molar-refractivity contribution in [2.45, 2.75) is 12.5 Å². The summed E-state index contributed by atoms with van der Waals surface area (Å²) in [7, 11) is 1.76. The molecule has 2 heterocycles. The Kier molecular flexibility index (Phi) is 3.20. The zero-order valence-electron chi connectivity index (χ0n) is 10.3. The van der Waals surface area contributed by atoms with Gasteiger partial charge in [-0.15, -0.1) is 0 Å². The van der Waals surface area contributed by atoms with Crippen molar-refractivity contribution < 1.29 is 14.3 Å². The number of carbonyl (C=O) groups excluding carboxylic acids is 1. The molecule has 2 aromatic heterocycles. The van der Waals surface area contributed by atoms with Gasteiger partial charge in [0.05, 0.1) is 19.0 Å². The average molecular weight is 249 g/mol. The van der Waals surface area contributed by atoms with E-state index in [1.54, 1.807) is 43.2 Å². The predicted octanol–water partition coefficient (Wildman–Crippen LogP) is 0.651. The topological polar surface area (TPSA) is 80.3 Å². The van der Waals surface area contributed by atoms with Crippen LogP contribution in [0.4, 0.5) is 0 Å². The third-order valence-electron chi connectivity index (χ3n) is 2.66. The van der Waals surface area contributed by atoms with Crippen LogP contribution in [0.5, 0.6) is 0 Å². The van der Waals surface area contributed by atoms with Crippen molar-refractivity contribution in [3.63, 3.8) is 0 Å². The lowest BCUT2D eigenvalue weighted by Gasteiger charge is -2.21. The van der Waals surface area contributed by atoms with E-state index in [0.717, 1.165) is 0 Å². The Morgan fingerprint density at radius 3 is 3.00 bits per heavy atom. The fourth-order valence-electron chi connectivity index (χ4n) is 1.55. The molecule has 0 spiro atoms. The zero-order valence-corrected chi connectivity index (χ0v) is 10.3. The first-order valence-electron chi connectivity index (χ1n) is 5.52. The Bertz CT molecular complexity index is 529. The van der Waals surface area contributed by atoms with Gasteiger partial charge < -0.3 is 14.8 Å². The number of hydrogen-bond donors (Lipinski definition) is 2. The maximum Gasteiger partial charge on any atom is 0.287 e. The van der Waals surface area contributed by atoms with Crippen molar-refractivity contribution in [3.8, 4) is 0 Å². The minimum absolute atomic E-state index is 0.0816. The highest BCUT2D eigenvalue weighted by molar-refractivity contribution is 5.91. The second kappa shape index (κ2) is 4.66. The van der Waals surface area contributed by atoms with E-state index in [4.69, 9.17) is 4.42 Å². The van der Waals surface area contributed by atoms with Crippen molar-refractivity contribution in [1.29, 1.82) is 0 Å². The quantitative estimate of drug-likeness (QED) is 0.833. The average Bonchev–Trinajstić information content (AvgIpc) is 2.96. The summed E-state index contributed by atoms with van der Waals surface area (Å²) >= 11 is 0. The molecule has 1 amide bonds. The Balaban J connectivity index is 1.99. The first-order valence-corrected chi connectivity index (χ1v) is 5.52. The third kappa shape index (κ3) is 2.60. The standard InChI is InChI=1S/C12H15N3O3/c1-12(17,9-6-14-15(2)7-9)8-13-11(16)10-4-3-5-18-10/h3-7,17H,8H2,1-2H3,(H,13,16). The molecule has 0 aliphatic carbocycles. The molecule has 0 saturated carbocycles. The van der Waals surface area contributed by atoms with Crippen LogP contribution in [0.25, 0.3) is 0 Å². The molecule has 0 bridgehead atoms. The summed E-state index contributed by atoms with van der Waals surface area (Å²) in [6.45, 7) is 1.70. The Morgan fingerprint density at radius 2 is 2.44 bits per heavy atom. The van der Waals surface area contributed by atoms with Gasteiger partial charge in [0.15, 0.2) is 5.76 Å². The molecule has 0 radical (unpaired) electrons. The van der Waals surface area contributed by atoms with Crippen LogP contribution >= 0.6 is 0 Å². The van der Waals surface area contributed by atoms with Gasteiger partial charge in [-0.25, -0.2) is 0 Å². The fraction of sp³-hybridized carbons (Fsp3) is 0.333. The van der Waals surface area contributed by atoms with E-state index in [0.29, 0.717) is 5.56 Å². The Hall–Kier alpha value is -2.08. The number of nitrogens with one attached hydrogen (secondary N) is 1. The van der Waals surface area contributed by atoms with Crippen molar-refractivity contribution in [2.75, 3.05) is 6.54 Å². The SMILES string of the molecule is Cn1cc(C(C)(O)CNC(=O)c2ccco2)cn1. The number of hydrogen-bond acceptors (Lipinski definition) is 4. The van der Waals surface area contributed by atoms with E-state index in [2.05, 4.69) is 10.4 Å². The van der Waals surface area contributed by atoms with E-state index in [-0.39, 0.29) is 18.2 Å². The number of carbonyl (C=O) groups is 1. The minimum atomic E-state index is -1.17. The molecule has 1 unspecified atom stereocenters. The number of aromatic nitrogens is 2. The molecule has 96 valence electrons. The van der Waals surface area contributed by atoms with Crippen LogP contribution in [-0.4, -0.2) is 27.3 Å². The van der Waals surface area contributed by atoms with Crippen LogP contribution in [0.15, 0.2) is 35.2 Å². The summed E-state index contributed by atoms with van der Waals surface area (Å²) in [5.41, 5.74) is -0.527. The van der Waals surface area contributed by atoms with Gasteiger partial charge in [0.25, 0.3) is 5.91 Å². The highest BCUT2D eigenvalue weighted by Gasteiger charge is 2.25. The summed E-state index contributed by atoms with van der Waals surface area (Å²) in [5, 5.41) is 16.8. The van der Waals surface area contributed by atoms with E-state index >= 15 is 0 Å². The van der Waals surface area contributed by atoms with Gasteiger partial charge >= 0.3 is 0 Å². The van der Waals surface area contributed by atoms with Gasteiger partial charge in [-0.2, -0.15) is 5.10 Å². The molecule has 0 saturated heterocycles. The number of furan rings is 1. The van der Waals surface area contributed by atoms with E-state index in [1.165, 1.54) is 6.26 Å². The van der Waals surface area contributed by atoms with Gasteiger partial charge in [-0.1, -0.05) is 0 Å². The maximum absolute atomic E-state index is 11.7. The third-order valence-corrected chi connectivity index (χ3v) is 2.66. The number of aliphatic hydroxyl groups is 1. The lowest BCUT2D eigenvalue weighted by atomic mass is 10.00. The first-order chi connectivity index (χ1) is 8.49. The summed E-state index contributed by atoms with van der Waals surface area (Å²) in [5.74, 6) is -0.138. The molecule has 2 N–H and O–H groups in total. The lowest BCUT2D eigenvalue weighted by molar-refractivity contribution is 0.0518. The Morgan fingerprint density at radius 1 is 1.67 bits per heavy atom. The van der Waals surface area contributed by atoms with E-state index < -0.39 is 5.60 Å². The van der Waals surface area contributed by atoms with Crippen molar-refractivity contribution in [3.05, 3.63) is 42.1 Å². The molecule has 6 heteroatoms. The van der Waals surface area contributed by atoms with Gasteiger partial charge in [0, 0.05) is 18.8 Å². The molecular weight excluding hydrogens is 234 g/mol. The monoisotopic (exact) mass is 249 g/mol. The number of nitrogens with zero attached hydrogens (tertiary/aromatic N) is 2. The minimum Gasteiger partial charge on any atom is -0.459 e. The lowest BCUT2D eigenvalue weighted by Crippen LogP contribution is -2.38. The predicted molar refractivity (Wildman–Crippen MR) is 63.8 cm³/mol. The summed E-state index contributed by atoms with van der Waals surface area (Å²) in [6.07, 6.45) is 4.70. The highest BCUT2D eigenvalue weighted by Crippen LogP contribution is 2.18. The van der Waals surface area contributed by atoms with Crippen molar-refractivity contribution in [1.82, 2.24) is 15.1 Å². The molecule has 2 rings (SSSR count). The maximum atomic E-state index is 11.7. The van der Waals surface area contributed by atoms with E-state index in [1.807, 2.05) is 0 Å². The molecule has 0 aliphatic rings. The number of rotatable bonds is 4. The Labute approximate surface area is 104 Å². The first kappa shape index (κ1) is 12.4. The molecule has 0 fully saturated rings. The number of amides is 1. The van der Waals surface area contributed by atoms with Gasteiger partial charge in [-0.05, 0) is 19.1 Å². The fourth-order valence-corrected chi connectivity index (χ4v) is 1.55. The molecular formula is C12H15N3O3. The van der Waals surface area contributed by atoms with Gasteiger partial charge in [0.1, 0.15) is 5.60 Å². The zero-order chi connectivity index (χ0) is 13.2. The summed E-state index contributed by atoms with van der Waals surface area (Å²) < 4.78 is 6.56. The van der Waals surface area contributed by atoms with Gasteiger partial charge in [-0.3, -0.25) is 9.48 Å². The second-order valence-electron chi connectivity index (χ2n) is 4.34. The molecule has 1 atom stereocenters. The van der Waals surface area contributed by atoms with Crippen LogP contribution in [0, 0.1) is 0 Å². The van der Waals surface area contributed by atoms with Crippen LogP contribution in [0.3, 0.4) is 0 Å². The largest absolute Gasteiger partial charge is 0.459 e. The van der Waals surface area contributed by atoms with Crippen LogP contribution in [-0.2, 0) is 12.6 Å². The van der Waals surface area contributed by atoms with Crippen LogP contribution < -0.4 is 5.32 Å². The van der Waals surface area contributed by atoms with Gasteiger partial charge in [0.2, 0.25) is 0 Å². The molecule has 6 nitrogen and oxygen atoms in total. The molecule has 0 aromatic carbocycles. The van der Waals surface area contributed by atoms with E-state index in [9.17, 15) is 9.90 Å². The molecule has 18 heavy (non-hydrogen) atoms. The summed E-state index contributed by atoms with van der Waals surface area (Å²) in [6, 6.07) is 3.20. The number of aryl methyl sites for hydroxylation is 1. The summed E-state index contributed by atoms with van der Waals surface area (Å²) in [4.78, 5) is 11.7.